The van der Waals surface area contributed by atoms with Crippen molar-refractivity contribution in [2.24, 2.45) is 7.05 Å². The fraction of sp³-hybridized carbons (Fsp3) is 0.700. The molecular weight excluding hydrogens is 206 g/mol. The number of carbonyl (C=O) groups is 1. The van der Waals surface area contributed by atoms with Crippen molar-refractivity contribution in [2.75, 3.05) is 20.1 Å². The maximum atomic E-state index is 11.8. The highest BCUT2D eigenvalue weighted by Crippen LogP contribution is 2.08. The van der Waals surface area contributed by atoms with Gasteiger partial charge in [-0.15, -0.1) is 5.10 Å². The molecule has 1 aliphatic rings. The summed E-state index contributed by atoms with van der Waals surface area (Å²) < 4.78 is 1.53. The summed E-state index contributed by atoms with van der Waals surface area (Å²) in [5, 5.41) is 10.5. The number of likely N-dealkylation sites (tertiary alicyclic amines) is 1. The van der Waals surface area contributed by atoms with E-state index in [0.717, 1.165) is 25.9 Å². The smallest absolute Gasteiger partial charge is 0.273 e. The Bertz CT molecular complexity index is 375. The number of hydrogen-bond acceptors (Lipinski definition) is 4. The van der Waals surface area contributed by atoms with Crippen LogP contribution in [0.3, 0.4) is 0 Å². The maximum absolute atomic E-state index is 11.8. The minimum Gasteiger partial charge on any atom is -0.347 e. The average Bonchev–Trinajstić information content (AvgIpc) is 2.65. The van der Waals surface area contributed by atoms with Crippen molar-refractivity contribution in [2.45, 2.75) is 18.9 Å². The molecule has 2 rings (SSSR count). The fourth-order valence-corrected chi connectivity index (χ4v) is 1.99. The van der Waals surface area contributed by atoms with Crippen molar-refractivity contribution >= 4 is 5.91 Å². The fourth-order valence-electron chi connectivity index (χ4n) is 1.99. The third-order valence-corrected chi connectivity index (χ3v) is 2.79. The van der Waals surface area contributed by atoms with Crippen LogP contribution in [-0.2, 0) is 7.05 Å². The van der Waals surface area contributed by atoms with Gasteiger partial charge in [-0.3, -0.25) is 9.48 Å². The van der Waals surface area contributed by atoms with E-state index in [2.05, 4.69) is 27.6 Å². The minimum atomic E-state index is -0.131. The first-order valence-corrected chi connectivity index (χ1v) is 5.51. The summed E-state index contributed by atoms with van der Waals surface area (Å²) in [5.41, 5.74) is 0.385. The van der Waals surface area contributed by atoms with Crippen molar-refractivity contribution in [3.8, 4) is 0 Å². The van der Waals surface area contributed by atoms with Gasteiger partial charge in [0.25, 0.3) is 5.91 Å². The third kappa shape index (κ3) is 2.57. The number of rotatable bonds is 2. The van der Waals surface area contributed by atoms with Gasteiger partial charge in [-0.1, -0.05) is 5.21 Å². The first kappa shape index (κ1) is 11.1. The molecule has 1 unspecified atom stereocenters. The summed E-state index contributed by atoms with van der Waals surface area (Å²) in [6, 6.07) is 0.230. The Morgan fingerprint density at radius 1 is 1.56 bits per heavy atom. The molecule has 0 bridgehead atoms. The molecule has 1 atom stereocenters. The number of likely N-dealkylation sites (N-methyl/N-ethyl adjacent to an activating group) is 1. The molecule has 6 nitrogen and oxygen atoms in total. The number of aryl methyl sites for hydroxylation is 1. The largest absolute Gasteiger partial charge is 0.347 e. The predicted octanol–water partition coefficient (Wildman–Crippen LogP) is -0.361. The molecule has 88 valence electrons. The Morgan fingerprint density at radius 3 is 3.00 bits per heavy atom. The van der Waals surface area contributed by atoms with Gasteiger partial charge >= 0.3 is 0 Å². The quantitative estimate of drug-likeness (QED) is 0.743. The van der Waals surface area contributed by atoms with Gasteiger partial charge in [0.2, 0.25) is 0 Å². The summed E-state index contributed by atoms with van der Waals surface area (Å²) in [6.07, 6.45) is 3.79. The molecule has 2 heterocycles. The summed E-state index contributed by atoms with van der Waals surface area (Å²) in [5.74, 6) is -0.131. The van der Waals surface area contributed by atoms with Crippen molar-refractivity contribution in [3.63, 3.8) is 0 Å². The van der Waals surface area contributed by atoms with Crippen LogP contribution in [-0.4, -0.2) is 52.0 Å². The number of hydrogen-bond donors (Lipinski definition) is 1. The Hall–Kier alpha value is -1.43. The number of piperidine rings is 1. The second-order valence-corrected chi connectivity index (χ2v) is 4.35. The molecule has 1 aromatic heterocycles. The van der Waals surface area contributed by atoms with Crippen LogP contribution in [0.15, 0.2) is 6.20 Å². The molecule has 0 aromatic carbocycles. The van der Waals surface area contributed by atoms with Gasteiger partial charge in [-0.25, -0.2) is 0 Å². The lowest BCUT2D eigenvalue weighted by Gasteiger charge is -2.29. The lowest BCUT2D eigenvalue weighted by Crippen LogP contribution is -2.46. The summed E-state index contributed by atoms with van der Waals surface area (Å²) >= 11 is 0. The Balaban J connectivity index is 1.92. The van der Waals surface area contributed by atoms with E-state index in [-0.39, 0.29) is 11.9 Å². The van der Waals surface area contributed by atoms with Crippen LogP contribution in [0.4, 0.5) is 0 Å². The SMILES string of the molecule is CN1CCCC(NC(=O)c2cn(C)nn2)C1. The first-order chi connectivity index (χ1) is 7.65. The lowest BCUT2D eigenvalue weighted by atomic mass is 10.1. The van der Waals surface area contributed by atoms with E-state index < -0.39 is 0 Å². The molecule has 16 heavy (non-hydrogen) atoms. The Labute approximate surface area is 94.6 Å². The topological polar surface area (TPSA) is 63.1 Å². The van der Waals surface area contributed by atoms with Crippen LogP contribution in [0.1, 0.15) is 23.3 Å². The molecule has 1 fully saturated rings. The zero-order valence-electron chi connectivity index (χ0n) is 9.68. The highest BCUT2D eigenvalue weighted by atomic mass is 16.2. The van der Waals surface area contributed by atoms with Gasteiger partial charge in [0.15, 0.2) is 5.69 Å². The molecule has 1 aromatic rings. The number of nitrogens with zero attached hydrogens (tertiary/aromatic N) is 4. The molecule has 1 aliphatic heterocycles. The summed E-state index contributed by atoms with van der Waals surface area (Å²) in [6.45, 7) is 2.02. The molecule has 0 spiro atoms. The summed E-state index contributed by atoms with van der Waals surface area (Å²) in [4.78, 5) is 14.0. The van der Waals surface area contributed by atoms with Crippen LogP contribution in [0, 0.1) is 0 Å². The normalized spacial score (nSPS) is 22.0. The van der Waals surface area contributed by atoms with Gasteiger partial charge in [-0.2, -0.15) is 0 Å². The lowest BCUT2D eigenvalue weighted by molar-refractivity contribution is 0.0907. The van der Waals surface area contributed by atoms with Crippen molar-refractivity contribution in [1.82, 2.24) is 25.2 Å². The van der Waals surface area contributed by atoms with Crippen molar-refractivity contribution < 1.29 is 4.79 Å². The van der Waals surface area contributed by atoms with E-state index in [1.807, 2.05) is 0 Å². The zero-order chi connectivity index (χ0) is 11.5. The molecule has 0 radical (unpaired) electrons. The number of carbonyl (C=O) groups excluding carboxylic acids is 1. The van der Waals surface area contributed by atoms with Gasteiger partial charge in [0, 0.05) is 19.6 Å². The highest BCUT2D eigenvalue weighted by Gasteiger charge is 2.20. The molecule has 1 saturated heterocycles. The van der Waals surface area contributed by atoms with Crippen LogP contribution < -0.4 is 5.32 Å². The van der Waals surface area contributed by atoms with Crippen LogP contribution in [0.5, 0.6) is 0 Å². The van der Waals surface area contributed by atoms with Crippen molar-refractivity contribution in [1.29, 1.82) is 0 Å². The predicted molar refractivity (Wildman–Crippen MR) is 59.0 cm³/mol. The van der Waals surface area contributed by atoms with Crippen molar-refractivity contribution in [3.05, 3.63) is 11.9 Å². The van der Waals surface area contributed by atoms with Crippen LogP contribution >= 0.6 is 0 Å². The summed E-state index contributed by atoms with van der Waals surface area (Å²) in [7, 11) is 3.82. The zero-order valence-corrected chi connectivity index (χ0v) is 9.68. The van der Waals surface area contributed by atoms with E-state index in [9.17, 15) is 4.79 Å². The average molecular weight is 223 g/mol. The van der Waals surface area contributed by atoms with Crippen LogP contribution in [0.25, 0.3) is 0 Å². The van der Waals surface area contributed by atoms with Gasteiger partial charge in [0.1, 0.15) is 0 Å². The van der Waals surface area contributed by atoms with E-state index in [0.29, 0.717) is 5.69 Å². The second kappa shape index (κ2) is 4.61. The first-order valence-electron chi connectivity index (χ1n) is 5.51. The van der Waals surface area contributed by atoms with Gasteiger partial charge in [0.05, 0.1) is 6.20 Å². The van der Waals surface area contributed by atoms with Crippen LogP contribution in [0.2, 0.25) is 0 Å². The highest BCUT2D eigenvalue weighted by molar-refractivity contribution is 5.92. The van der Waals surface area contributed by atoms with E-state index in [1.54, 1.807) is 13.2 Å². The Morgan fingerprint density at radius 2 is 2.38 bits per heavy atom. The molecule has 0 aliphatic carbocycles. The monoisotopic (exact) mass is 223 g/mol. The number of aromatic nitrogens is 3. The number of amides is 1. The van der Waals surface area contributed by atoms with Gasteiger partial charge < -0.3 is 10.2 Å². The maximum Gasteiger partial charge on any atom is 0.273 e. The van der Waals surface area contributed by atoms with Gasteiger partial charge in [-0.05, 0) is 26.4 Å². The molecule has 0 saturated carbocycles. The van der Waals surface area contributed by atoms with E-state index in [1.165, 1.54) is 4.68 Å². The minimum absolute atomic E-state index is 0.131. The number of nitrogens with one attached hydrogen (secondary N) is 1. The molecule has 1 N–H and O–H groups in total. The standard InChI is InChI=1S/C10H17N5O/c1-14-5-3-4-8(6-14)11-10(16)9-7-15(2)13-12-9/h7-8H,3-6H2,1-2H3,(H,11,16). The second-order valence-electron chi connectivity index (χ2n) is 4.35. The van der Waals surface area contributed by atoms with E-state index in [4.69, 9.17) is 0 Å². The Kier molecular flexibility index (Phi) is 3.19. The molecule has 6 heteroatoms. The molecule has 1 amide bonds. The van der Waals surface area contributed by atoms with E-state index >= 15 is 0 Å². The third-order valence-electron chi connectivity index (χ3n) is 2.79. The molecular formula is C10H17N5O.